The molecule has 0 bridgehead atoms. The summed E-state index contributed by atoms with van der Waals surface area (Å²) in [5.41, 5.74) is 0. The Labute approximate surface area is 174 Å². The Bertz CT molecular complexity index is 1030. The normalized spacial score (nSPS) is 23.7. The molecular weight excluding hydrogens is 416 g/mol. The molecule has 2 aromatic rings. The second kappa shape index (κ2) is 8.16. The van der Waals surface area contributed by atoms with Crippen molar-refractivity contribution in [1.82, 2.24) is 19.5 Å². The number of rotatable bonds is 5. The van der Waals surface area contributed by atoms with Gasteiger partial charge < -0.3 is 10.4 Å². The van der Waals surface area contributed by atoms with Crippen molar-refractivity contribution in [1.29, 1.82) is 0 Å². The number of hydrogen-bond donors (Lipinski definition) is 2. The van der Waals surface area contributed by atoms with Crippen molar-refractivity contribution in [2.24, 2.45) is 0 Å². The molecular formula is C19H23ClN4O4S. The van der Waals surface area contributed by atoms with Gasteiger partial charge in [-0.2, -0.15) is 4.31 Å². The van der Waals surface area contributed by atoms with Gasteiger partial charge in [0, 0.05) is 55.4 Å². The lowest BCUT2D eigenvalue weighted by molar-refractivity contribution is -0.122. The fraction of sp³-hybridized carbons (Fsp3) is 0.474. The highest BCUT2D eigenvalue weighted by atomic mass is 35.5. The average Bonchev–Trinajstić information content (AvgIpc) is 3.31. The molecule has 2 N–H and O–H groups in total. The van der Waals surface area contributed by atoms with Gasteiger partial charge in [-0.15, -0.1) is 0 Å². The molecule has 2 fully saturated rings. The Balaban J connectivity index is 1.45. The van der Waals surface area contributed by atoms with E-state index in [-0.39, 0.29) is 36.0 Å². The number of nitrogens with zero attached hydrogens (tertiary/aromatic N) is 3. The maximum atomic E-state index is 13.2. The summed E-state index contributed by atoms with van der Waals surface area (Å²) in [6.07, 6.45) is 3.87. The minimum atomic E-state index is -3.76. The maximum absolute atomic E-state index is 13.2. The lowest BCUT2D eigenvalue weighted by Gasteiger charge is -2.20. The zero-order valence-corrected chi connectivity index (χ0v) is 17.4. The standard InChI is InChI=1S/C19H23ClN4O4S/c20-16-9-21-8-13-2-1-3-17(19(13)16)29(27,28)24-7-4-14(10-24)22-18(26)12-23-6-5-15(25)11-23/h1-3,8-9,14-15,25H,4-7,10-12H2,(H,22,26)/t14?,15-/m1/s1. The maximum Gasteiger partial charge on any atom is 0.243 e. The number of carbonyl (C=O) groups is 1. The number of fused-ring (bicyclic) bond motifs is 1. The number of nitrogens with one attached hydrogen (secondary N) is 1. The van der Waals surface area contributed by atoms with E-state index in [2.05, 4.69) is 10.3 Å². The van der Waals surface area contributed by atoms with E-state index in [9.17, 15) is 18.3 Å². The summed E-state index contributed by atoms with van der Waals surface area (Å²) in [6.45, 7) is 1.95. The highest BCUT2D eigenvalue weighted by Crippen LogP contribution is 2.32. The summed E-state index contributed by atoms with van der Waals surface area (Å²) < 4.78 is 27.9. The molecule has 4 rings (SSSR count). The van der Waals surface area contributed by atoms with Gasteiger partial charge in [0.25, 0.3) is 0 Å². The molecule has 0 spiro atoms. The third-order valence-corrected chi connectivity index (χ3v) is 7.64. The van der Waals surface area contributed by atoms with E-state index in [0.29, 0.717) is 48.3 Å². The van der Waals surface area contributed by atoms with E-state index < -0.39 is 10.0 Å². The molecule has 1 amide bonds. The molecule has 0 saturated carbocycles. The van der Waals surface area contributed by atoms with Crippen molar-refractivity contribution in [2.45, 2.75) is 29.9 Å². The third-order valence-electron chi connectivity index (χ3n) is 5.45. The zero-order valence-electron chi connectivity index (χ0n) is 15.8. The van der Waals surface area contributed by atoms with E-state index >= 15 is 0 Å². The first-order chi connectivity index (χ1) is 13.8. The van der Waals surface area contributed by atoms with Crippen LogP contribution in [0.4, 0.5) is 0 Å². The molecule has 29 heavy (non-hydrogen) atoms. The predicted molar refractivity (Wildman–Crippen MR) is 109 cm³/mol. The summed E-state index contributed by atoms with van der Waals surface area (Å²) in [6, 6.07) is 4.76. The van der Waals surface area contributed by atoms with Crippen molar-refractivity contribution in [3.63, 3.8) is 0 Å². The Morgan fingerprint density at radius 1 is 1.24 bits per heavy atom. The summed E-state index contributed by atoms with van der Waals surface area (Å²) >= 11 is 6.24. The first-order valence-electron chi connectivity index (χ1n) is 9.57. The van der Waals surface area contributed by atoms with Gasteiger partial charge in [-0.1, -0.05) is 23.7 Å². The van der Waals surface area contributed by atoms with Gasteiger partial charge in [0.1, 0.15) is 0 Å². The van der Waals surface area contributed by atoms with Crippen molar-refractivity contribution in [3.8, 4) is 0 Å². The molecule has 2 aliphatic heterocycles. The number of benzene rings is 1. The van der Waals surface area contributed by atoms with Crippen LogP contribution in [0.1, 0.15) is 12.8 Å². The van der Waals surface area contributed by atoms with Gasteiger partial charge in [0.05, 0.1) is 22.6 Å². The van der Waals surface area contributed by atoms with E-state index in [1.54, 1.807) is 24.4 Å². The molecule has 1 aromatic carbocycles. The minimum Gasteiger partial charge on any atom is -0.392 e. The van der Waals surface area contributed by atoms with Gasteiger partial charge in [0.2, 0.25) is 15.9 Å². The first kappa shape index (κ1) is 20.5. The predicted octanol–water partition coefficient (Wildman–Crippen LogP) is 0.834. The van der Waals surface area contributed by atoms with Crippen LogP contribution < -0.4 is 5.32 Å². The van der Waals surface area contributed by atoms with E-state index in [1.165, 1.54) is 10.5 Å². The third kappa shape index (κ3) is 4.24. The number of halogens is 1. The second-order valence-corrected chi connectivity index (χ2v) is 9.88. The lowest BCUT2D eigenvalue weighted by atomic mass is 10.2. The number of amides is 1. The van der Waals surface area contributed by atoms with Crippen LogP contribution in [0.2, 0.25) is 5.02 Å². The molecule has 3 heterocycles. The molecule has 0 radical (unpaired) electrons. The topological polar surface area (TPSA) is 103 Å². The number of aliphatic hydroxyl groups excluding tert-OH is 1. The molecule has 2 aliphatic rings. The van der Waals surface area contributed by atoms with Crippen LogP contribution in [0.5, 0.6) is 0 Å². The van der Waals surface area contributed by atoms with Gasteiger partial charge in [-0.05, 0) is 18.9 Å². The van der Waals surface area contributed by atoms with Gasteiger partial charge in [-0.25, -0.2) is 8.42 Å². The van der Waals surface area contributed by atoms with Crippen molar-refractivity contribution >= 4 is 38.3 Å². The van der Waals surface area contributed by atoms with Crippen LogP contribution in [0.15, 0.2) is 35.5 Å². The number of β-amino-alcohol motifs (C(OH)–C–C–N with tert-alkyl or cyclic N) is 1. The number of likely N-dealkylation sites (tertiary alicyclic amines) is 1. The van der Waals surface area contributed by atoms with Gasteiger partial charge in [-0.3, -0.25) is 14.7 Å². The molecule has 10 heteroatoms. The van der Waals surface area contributed by atoms with Gasteiger partial charge in [0.15, 0.2) is 0 Å². The SMILES string of the molecule is O=C(CN1CC[C@@H](O)C1)NC1CCN(S(=O)(=O)c2cccc3cncc(Cl)c23)C1. The fourth-order valence-corrected chi connectivity index (χ4v) is 6.07. The van der Waals surface area contributed by atoms with E-state index in [1.807, 2.05) is 4.90 Å². The second-order valence-electron chi connectivity index (χ2n) is 7.57. The number of carbonyl (C=O) groups excluding carboxylic acids is 1. The van der Waals surface area contributed by atoms with E-state index in [0.717, 1.165) is 0 Å². The highest BCUT2D eigenvalue weighted by Gasteiger charge is 2.35. The molecule has 2 atom stereocenters. The Hall–Kier alpha value is -1.78. The Morgan fingerprint density at radius 3 is 2.83 bits per heavy atom. The average molecular weight is 439 g/mol. The number of sulfonamides is 1. The van der Waals surface area contributed by atoms with Crippen molar-refractivity contribution in [2.75, 3.05) is 32.7 Å². The summed E-state index contributed by atoms with van der Waals surface area (Å²) in [4.78, 5) is 18.3. The number of hydrogen-bond acceptors (Lipinski definition) is 6. The van der Waals surface area contributed by atoms with Crippen LogP contribution in [0.25, 0.3) is 10.8 Å². The summed E-state index contributed by atoms with van der Waals surface area (Å²) in [5.74, 6) is -0.150. The lowest BCUT2D eigenvalue weighted by Crippen LogP contribution is -2.43. The zero-order chi connectivity index (χ0) is 20.6. The number of aromatic nitrogens is 1. The number of aliphatic hydroxyl groups is 1. The van der Waals surface area contributed by atoms with Gasteiger partial charge >= 0.3 is 0 Å². The number of pyridine rings is 1. The monoisotopic (exact) mass is 438 g/mol. The Kier molecular flexibility index (Phi) is 5.76. The van der Waals surface area contributed by atoms with Crippen LogP contribution in [-0.2, 0) is 14.8 Å². The van der Waals surface area contributed by atoms with Crippen LogP contribution in [-0.4, -0.2) is 78.5 Å². The minimum absolute atomic E-state index is 0.150. The van der Waals surface area contributed by atoms with Crippen LogP contribution >= 0.6 is 11.6 Å². The molecule has 0 aliphatic carbocycles. The molecule has 2 saturated heterocycles. The van der Waals surface area contributed by atoms with E-state index in [4.69, 9.17) is 11.6 Å². The van der Waals surface area contributed by atoms with Crippen LogP contribution in [0.3, 0.4) is 0 Å². The van der Waals surface area contributed by atoms with Crippen molar-refractivity contribution in [3.05, 3.63) is 35.6 Å². The first-order valence-corrected chi connectivity index (χ1v) is 11.4. The summed E-state index contributed by atoms with van der Waals surface area (Å²) in [7, 11) is -3.76. The van der Waals surface area contributed by atoms with Crippen molar-refractivity contribution < 1.29 is 18.3 Å². The molecule has 8 nitrogen and oxygen atoms in total. The molecule has 156 valence electrons. The smallest absolute Gasteiger partial charge is 0.243 e. The fourth-order valence-electron chi connectivity index (χ4n) is 4.01. The molecule has 1 aromatic heterocycles. The quantitative estimate of drug-likeness (QED) is 0.717. The largest absolute Gasteiger partial charge is 0.392 e. The Morgan fingerprint density at radius 2 is 2.07 bits per heavy atom. The highest BCUT2D eigenvalue weighted by molar-refractivity contribution is 7.89. The molecule has 1 unspecified atom stereocenters. The van der Waals surface area contributed by atoms with Crippen LogP contribution in [0, 0.1) is 0 Å². The summed E-state index contributed by atoms with van der Waals surface area (Å²) in [5, 5.41) is 13.9.